The van der Waals surface area contributed by atoms with Gasteiger partial charge in [0.2, 0.25) is 5.91 Å². The zero-order chi connectivity index (χ0) is 15.5. The number of amides is 1. The first-order chi connectivity index (χ1) is 10.7. The largest absolute Gasteiger partial charge is 0.341 e. The van der Waals surface area contributed by atoms with Crippen LogP contribution >= 0.6 is 0 Å². The third-order valence-electron chi connectivity index (χ3n) is 4.56. The van der Waals surface area contributed by atoms with Crippen LogP contribution in [-0.2, 0) is 11.3 Å². The van der Waals surface area contributed by atoms with Crippen LogP contribution in [0.5, 0.6) is 0 Å². The molecule has 0 aliphatic heterocycles. The van der Waals surface area contributed by atoms with E-state index in [0.717, 1.165) is 18.4 Å². The second-order valence-electron chi connectivity index (χ2n) is 5.97. The fourth-order valence-electron chi connectivity index (χ4n) is 3.20. The molecule has 0 atom stereocenters. The summed E-state index contributed by atoms with van der Waals surface area (Å²) in [5, 5.41) is 0. The molecule has 1 aromatic carbocycles. The van der Waals surface area contributed by atoms with Gasteiger partial charge in [0, 0.05) is 13.1 Å². The topological polar surface area (TPSA) is 55.2 Å². The number of aromatic nitrogens is 2. The molecule has 2 aromatic rings. The molecule has 5 heteroatoms. The number of hydrogen-bond acceptors (Lipinski definition) is 3. The molecule has 1 heterocycles. The predicted molar refractivity (Wildman–Crippen MR) is 85.6 cm³/mol. The molecule has 1 amide bonds. The van der Waals surface area contributed by atoms with Gasteiger partial charge in [0.05, 0.1) is 17.2 Å². The SMILES string of the molecule is CN(C(=O)Cn1c(=O)cnc2ccccc21)C1CCCCC1. The summed E-state index contributed by atoms with van der Waals surface area (Å²) in [6, 6.07) is 7.72. The summed E-state index contributed by atoms with van der Waals surface area (Å²) in [6.07, 6.45) is 7.03. The summed E-state index contributed by atoms with van der Waals surface area (Å²) in [4.78, 5) is 30.6. The van der Waals surface area contributed by atoms with E-state index in [2.05, 4.69) is 4.98 Å². The van der Waals surface area contributed by atoms with Crippen molar-refractivity contribution in [3.05, 3.63) is 40.8 Å². The molecule has 0 unspecified atom stereocenters. The Bertz CT molecular complexity index is 732. The Labute approximate surface area is 129 Å². The first-order valence-corrected chi connectivity index (χ1v) is 7.87. The molecule has 1 aliphatic rings. The maximum Gasteiger partial charge on any atom is 0.269 e. The van der Waals surface area contributed by atoms with Gasteiger partial charge in [-0.1, -0.05) is 31.4 Å². The summed E-state index contributed by atoms with van der Waals surface area (Å²) in [7, 11) is 1.85. The van der Waals surface area contributed by atoms with E-state index < -0.39 is 0 Å². The minimum atomic E-state index is -0.232. The summed E-state index contributed by atoms with van der Waals surface area (Å²) in [5.41, 5.74) is 1.21. The maximum absolute atomic E-state index is 12.6. The Morgan fingerprint density at radius 2 is 2.00 bits per heavy atom. The molecule has 1 aliphatic carbocycles. The van der Waals surface area contributed by atoms with Crippen molar-refractivity contribution in [2.75, 3.05) is 7.05 Å². The number of hydrogen-bond donors (Lipinski definition) is 0. The normalized spacial score (nSPS) is 15.9. The lowest BCUT2D eigenvalue weighted by Gasteiger charge is -2.31. The molecule has 1 fully saturated rings. The van der Waals surface area contributed by atoms with Gasteiger partial charge < -0.3 is 4.90 Å². The summed E-state index contributed by atoms with van der Waals surface area (Å²) in [6.45, 7) is 0.0782. The van der Waals surface area contributed by atoms with Crippen molar-refractivity contribution in [3.63, 3.8) is 0 Å². The molecule has 0 bridgehead atoms. The number of likely N-dealkylation sites (N-methyl/N-ethyl adjacent to an activating group) is 1. The van der Waals surface area contributed by atoms with Gasteiger partial charge in [-0.3, -0.25) is 14.2 Å². The number of rotatable bonds is 3. The molecule has 1 aromatic heterocycles. The summed E-state index contributed by atoms with van der Waals surface area (Å²) < 4.78 is 1.52. The average Bonchev–Trinajstić information content (AvgIpc) is 2.57. The van der Waals surface area contributed by atoms with E-state index in [1.807, 2.05) is 36.2 Å². The van der Waals surface area contributed by atoms with Crippen LogP contribution in [0.4, 0.5) is 0 Å². The van der Waals surface area contributed by atoms with Crippen molar-refractivity contribution in [3.8, 4) is 0 Å². The summed E-state index contributed by atoms with van der Waals surface area (Å²) in [5.74, 6) is -0.00893. The zero-order valence-corrected chi connectivity index (χ0v) is 12.9. The van der Waals surface area contributed by atoms with Gasteiger partial charge in [-0.25, -0.2) is 4.98 Å². The average molecular weight is 299 g/mol. The van der Waals surface area contributed by atoms with Crippen LogP contribution in [0.3, 0.4) is 0 Å². The fraction of sp³-hybridized carbons (Fsp3) is 0.471. The van der Waals surface area contributed by atoms with Crippen molar-refractivity contribution >= 4 is 16.9 Å². The number of carbonyl (C=O) groups is 1. The van der Waals surface area contributed by atoms with E-state index >= 15 is 0 Å². The van der Waals surface area contributed by atoms with Gasteiger partial charge in [0.15, 0.2) is 0 Å². The molecule has 5 nitrogen and oxygen atoms in total. The molecular formula is C17H21N3O2. The number of fused-ring (bicyclic) bond motifs is 1. The highest BCUT2D eigenvalue weighted by atomic mass is 16.2. The van der Waals surface area contributed by atoms with Crippen LogP contribution in [0.1, 0.15) is 32.1 Å². The minimum Gasteiger partial charge on any atom is -0.341 e. The molecule has 0 N–H and O–H groups in total. The minimum absolute atomic E-state index is 0.00893. The van der Waals surface area contributed by atoms with Crippen LogP contribution < -0.4 is 5.56 Å². The summed E-state index contributed by atoms with van der Waals surface area (Å²) >= 11 is 0. The Morgan fingerprint density at radius 3 is 2.77 bits per heavy atom. The van der Waals surface area contributed by atoms with Crippen LogP contribution in [0.25, 0.3) is 11.0 Å². The Kier molecular flexibility index (Phi) is 4.22. The van der Waals surface area contributed by atoms with E-state index in [0.29, 0.717) is 11.6 Å². The van der Waals surface area contributed by atoms with Crippen molar-refractivity contribution in [1.29, 1.82) is 0 Å². The highest BCUT2D eigenvalue weighted by Gasteiger charge is 2.22. The molecule has 116 valence electrons. The molecule has 1 saturated carbocycles. The van der Waals surface area contributed by atoms with Gasteiger partial charge in [0.1, 0.15) is 6.54 Å². The predicted octanol–water partition coefficient (Wildman–Crippen LogP) is 2.19. The second kappa shape index (κ2) is 6.30. The molecular weight excluding hydrogens is 278 g/mol. The van der Waals surface area contributed by atoms with E-state index in [4.69, 9.17) is 0 Å². The molecule has 3 rings (SSSR count). The lowest BCUT2D eigenvalue weighted by atomic mass is 9.94. The number of benzene rings is 1. The van der Waals surface area contributed by atoms with E-state index in [1.54, 1.807) is 0 Å². The van der Waals surface area contributed by atoms with Gasteiger partial charge in [0.25, 0.3) is 5.56 Å². The Balaban J connectivity index is 1.84. The van der Waals surface area contributed by atoms with E-state index in [9.17, 15) is 9.59 Å². The Hall–Kier alpha value is -2.17. The van der Waals surface area contributed by atoms with Crippen LogP contribution in [0, 0.1) is 0 Å². The molecule has 0 radical (unpaired) electrons. The number of nitrogens with zero attached hydrogens (tertiary/aromatic N) is 3. The van der Waals surface area contributed by atoms with Crippen LogP contribution in [0.15, 0.2) is 35.3 Å². The van der Waals surface area contributed by atoms with Crippen molar-refractivity contribution in [2.24, 2.45) is 0 Å². The van der Waals surface area contributed by atoms with Gasteiger partial charge >= 0.3 is 0 Å². The van der Waals surface area contributed by atoms with Gasteiger partial charge in [-0.05, 0) is 25.0 Å². The highest BCUT2D eigenvalue weighted by Crippen LogP contribution is 2.22. The monoisotopic (exact) mass is 299 g/mol. The maximum atomic E-state index is 12.6. The third-order valence-corrected chi connectivity index (χ3v) is 4.56. The first kappa shape index (κ1) is 14.8. The lowest BCUT2D eigenvalue weighted by Crippen LogP contribution is -2.41. The molecule has 0 spiro atoms. The quantitative estimate of drug-likeness (QED) is 0.873. The van der Waals surface area contributed by atoms with Gasteiger partial charge in [-0.15, -0.1) is 0 Å². The molecule has 0 saturated heterocycles. The molecule has 22 heavy (non-hydrogen) atoms. The van der Waals surface area contributed by atoms with Crippen LogP contribution in [-0.4, -0.2) is 33.4 Å². The third kappa shape index (κ3) is 2.89. The lowest BCUT2D eigenvalue weighted by molar-refractivity contribution is -0.133. The van der Waals surface area contributed by atoms with E-state index in [-0.39, 0.29) is 18.0 Å². The van der Waals surface area contributed by atoms with Crippen molar-refractivity contribution in [2.45, 2.75) is 44.7 Å². The Morgan fingerprint density at radius 1 is 1.27 bits per heavy atom. The second-order valence-corrected chi connectivity index (χ2v) is 5.97. The first-order valence-electron chi connectivity index (χ1n) is 7.87. The smallest absolute Gasteiger partial charge is 0.269 e. The highest BCUT2D eigenvalue weighted by molar-refractivity contribution is 5.80. The zero-order valence-electron chi connectivity index (χ0n) is 12.9. The van der Waals surface area contributed by atoms with Crippen LogP contribution in [0.2, 0.25) is 0 Å². The van der Waals surface area contributed by atoms with Crippen molar-refractivity contribution in [1.82, 2.24) is 14.5 Å². The number of carbonyl (C=O) groups excluding carboxylic acids is 1. The fourth-order valence-corrected chi connectivity index (χ4v) is 3.20. The van der Waals surface area contributed by atoms with E-state index in [1.165, 1.54) is 30.0 Å². The van der Waals surface area contributed by atoms with Crippen molar-refractivity contribution < 1.29 is 4.79 Å². The standard InChI is InChI=1S/C17H21N3O2/c1-19(13-7-3-2-4-8-13)17(22)12-20-15-10-6-5-9-14(15)18-11-16(20)21/h5-6,9-11,13H,2-4,7-8,12H2,1H3. The van der Waals surface area contributed by atoms with Gasteiger partial charge in [-0.2, -0.15) is 0 Å². The number of para-hydroxylation sites is 2.